The van der Waals surface area contributed by atoms with E-state index in [1.807, 2.05) is 28.8 Å². The summed E-state index contributed by atoms with van der Waals surface area (Å²) in [7, 11) is 0. The lowest BCUT2D eigenvalue weighted by atomic mass is 10.1. The minimum absolute atomic E-state index is 0.0766. The van der Waals surface area contributed by atoms with Crippen LogP contribution in [0.2, 0.25) is 10.3 Å². The van der Waals surface area contributed by atoms with Gasteiger partial charge in [0.15, 0.2) is 0 Å². The maximum absolute atomic E-state index is 6.12. The number of hydrogen-bond acceptors (Lipinski definition) is 2. The molecule has 2 rings (SSSR count). The molecule has 1 atom stereocenters. The zero-order chi connectivity index (χ0) is 13.1. The predicted molar refractivity (Wildman–Crippen MR) is 74.3 cm³/mol. The van der Waals surface area contributed by atoms with Crippen molar-refractivity contribution in [1.29, 1.82) is 0 Å². The van der Waals surface area contributed by atoms with Crippen molar-refractivity contribution in [3.63, 3.8) is 0 Å². The van der Waals surface area contributed by atoms with Gasteiger partial charge >= 0.3 is 0 Å². The van der Waals surface area contributed by atoms with Gasteiger partial charge in [-0.25, -0.2) is 0 Å². The standard InChI is InChI=1S/C13H15Cl2N3/c1-3-5-12-16-17-13(15)18(12)9(2)10-6-4-7-11(14)8-10/h4,6-9H,3,5H2,1-2H3. The second-order valence-corrected chi connectivity index (χ2v) is 5.01. The highest BCUT2D eigenvalue weighted by Crippen LogP contribution is 2.25. The van der Waals surface area contributed by atoms with Gasteiger partial charge in [0.05, 0.1) is 6.04 Å². The van der Waals surface area contributed by atoms with E-state index in [-0.39, 0.29) is 6.04 Å². The first-order valence-corrected chi connectivity index (χ1v) is 6.73. The number of aryl methyl sites for hydroxylation is 1. The third-order valence-corrected chi connectivity index (χ3v) is 3.41. The van der Waals surface area contributed by atoms with E-state index in [1.54, 1.807) is 0 Å². The molecule has 1 aromatic carbocycles. The number of benzene rings is 1. The minimum atomic E-state index is 0.0766. The Morgan fingerprint density at radius 3 is 2.72 bits per heavy atom. The summed E-state index contributed by atoms with van der Waals surface area (Å²) in [5.41, 5.74) is 1.10. The molecule has 0 radical (unpaired) electrons. The van der Waals surface area contributed by atoms with E-state index in [1.165, 1.54) is 0 Å². The summed E-state index contributed by atoms with van der Waals surface area (Å²) in [5, 5.41) is 9.22. The molecule has 0 aliphatic carbocycles. The second kappa shape index (κ2) is 5.72. The van der Waals surface area contributed by atoms with E-state index in [9.17, 15) is 0 Å². The molecule has 0 spiro atoms. The molecule has 18 heavy (non-hydrogen) atoms. The van der Waals surface area contributed by atoms with Crippen LogP contribution in [-0.4, -0.2) is 14.8 Å². The fourth-order valence-electron chi connectivity index (χ4n) is 1.99. The van der Waals surface area contributed by atoms with Gasteiger partial charge in [0, 0.05) is 11.4 Å². The Bertz CT molecular complexity index is 537. The molecule has 1 heterocycles. The number of halogens is 2. The van der Waals surface area contributed by atoms with Gasteiger partial charge in [-0.1, -0.05) is 30.7 Å². The Hall–Kier alpha value is -1.06. The van der Waals surface area contributed by atoms with Crippen molar-refractivity contribution in [2.75, 3.05) is 0 Å². The van der Waals surface area contributed by atoms with Crippen LogP contribution >= 0.6 is 23.2 Å². The Labute approximate surface area is 117 Å². The molecule has 0 bridgehead atoms. The van der Waals surface area contributed by atoms with Crippen LogP contribution in [0.5, 0.6) is 0 Å². The summed E-state index contributed by atoms with van der Waals surface area (Å²) in [5.74, 6) is 0.912. The second-order valence-electron chi connectivity index (χ2n) is 4.24. The third kappa shape index (κ3) is 2.68. The minimum Gasteiger partial charge on any atom is -0.294 e. The SMILES string of the molecule is CCCc1nnc(Cl)n1C(C)c1cccc(Cl)c1. The zero-order valence-electron chi connectivity index (χ0n) is 10.4. The topological polar surface area (TPSA) is 30.7 Å². The average molecular weight is 284 g/mol. The quantitative estimate of drug-likeness (QED) is 0.844. The first kappa shape index (κ1) is 13.4. The number of hydrogen-bond donors (Lipinski definition) is 0. The molecule has 0 fully saturated rings. The van der Waals surface area contributed by atoms with Crippen molar-refractivity contribution in [2.45, 2.75) is 32.7 Å². The zero-order valence-corrected chi connectivity index (χ0v) is 11.9. The molecule has 0 saturated carbocycles. The fourth-order valence-corrected chi connectivity index (χ4v) is 2.48. The first-order valence-electron chi connectivity index (χ1n) is 5.98. The van der Waals surface area contributed by atoms with Crippen molar-refractivity contribution in [3.8, 4) is 0 Å². The van der Waals surface area contributed by atoms with Crippen LogP contribution in [0.25, 0.3) is 0 Å². The van der Waals surface area contributed by atoms with E-state index >= 15 is 0 Å². The normalized spacial score (nSPS) is 12.7. The maximum Gasteiger partial charge on any atom is 0.225 e. The maximum atomic E-state index is 6.12. The van der Waals surface area contributed by atoms with Crippen molar-refractivity contribution in [3.05, 3.63) is 46.0 Å². The first-order chi connectivity index (χ1) is 8.63. The van der Waals surface area contributed by atoms with E-state index in [0.717, 1.165) is 29.3 Å². The summed E-state index contributed by atoms with van der Waals surface area (Å²) in [6, 6.07) is 7.85. The lowest BCUT2D eigenvalue weighted by Gasteiger charge is -2.17. The number of aromatic nitrogens is 3. The molecular formula is C13H15Cl2N3. The predicted octanol–water partition coefficient (Wildman–Crippen LogP) is 4.15. The van der Waals surface area contributed by atoms with Crippen LogP contribution in [0.1, 0.15) is 37.7 Å². The van der Waals surface area contributed by atoms with Crippen LogP contribution < -0.4 is 0 Å². The van der Waals surface area contributed by atoms with Crippen LogP contribution in [0.4, 0.5) is 0 Å². The monoisotopic (exact) mass is 283 g/mol. The van der Waals surface area contributed by atoms with Crippen molar-refractivity contribution in [1.82, 2.24) is 14.8 Å². The molecule has 5 heteroatoms. The fraction of sp³-hybridized carbons (Fsp3) is 0.385. The van der Waals surface area contributed by atoms with Crippen LogP contribution in [0.3, 0.4) is 0 Å². The lowest BCUT2D eigenvalue weighted by molar-refractivity contribution is 0.596. The van der Waals surface area contributed by atoms with E-state index in [2.05, 4.69) is 24.0 Å². The number of rotatable bonds is 4. The Balaban J connectivity index is 2.39. The van der Waals surface area contributed by atoms with Gasteiger partial charge in [-0.3, -0.25) is 4.57 Å². The molecule has 2 aromatic rings. The molecule has 0 amide bonds. The summed E-state index contributed by atoms with van der Waals surface area (Å²) < 4.78 is 1.96. The van der Waals surface area contributed by atoms with Gasteiger partial charge in [-0.05, 0) is 42.6 Å². The molecule has 0 saturated heterocycles. The number of nitrogens with zero attached hydrogens (tertiary/aromatic N) is 3. The van der Waals surface area contributed by atoms with Gasteiger partial charge in [0.25, 0.3) is 0 Å². The van der Waals surface area contributed by atoms with Crippen LogP contribution in [0, 0.1) is 0 Å². The highest BCUT2D eigenvalue weighted by atomic mass is 35.5. The average Bonchev–Trinajstić information content (AvgIpc) is 2.70. The van der Waals surface area contributed by atoms with Gasteiger partial charge in [0.2, 0.25) is 5.28 Å². The Morgan fingerprint density at radius 2 is 2.06 bits per heavy atom. The van der Waals surface area contributed by atoms with Crippen molar-refractivity contribution >= 4 is 23.2 Å². The van der Waals surface area contributed by atoms with Crippen LogP contribution in [0.15, 0.2) is 24.3 Å². The van der Waals surface area contributed by atoms with E-state index in [4.69, 9.17) is 23.2 Å². The van der Waals surface area contributed by atoms with Gasteiger partial charge in [0.1, 0.15) is 5.82 Å². The Kier molecular flexibility index (Phi) is 4.25. The Morgan fingerprint density at radius 1 is 1.28 bits per heavy atom. The third-order valence-electron chi connectivity index (χ3n) is 2.92. The summed E-state index contributed by atoms with van der Waals surface area (Å²) in [6.07, 6.45) is 1.88. The largest absolute Gasteiger partial charge is 0.294 e. The molecular weight excluding hydrogens is 269 g/mol. The molecule has 0 aliphatic heterocycles. The van der Waals surface area contributed by atoms with Crippen molar-refractivity contribution in [2.24, 2.45) is 0 Å². The highest BCUT2D eigenvalue weighted by Gasteiger charge is 2.17. The van der Waals surface area contributed by atoms with E-state index < -0.39 is 0 Å². The molecule has 0 aliphatic rings. The summed E-state index contributed by atoms with van der Waals surface area (Å²) >= 11 is 12.1. The summed E-state index contributed by atoms with van der Waals surface area (Å²) in [6.45, 7) is 4.18. The van der Waals surface area contributed by atoms with E-state index in [0.29, 0.717) is 5.28 Å². The molecule has 3 nitrogen and oxygen atoms in total. The molecule has 1 unspecified atom stereocenters. The van der Waals surface area contributed by atoms with Gasteiger partial charge in [-0.15, -0.1) is 10.2 Å². The summed E-state index contributed by atoms with van der Waals surface area (Å²) in [4.78, 5) is 0. The van der Waals surface area contributed by atoms with Crippen LogP contribution in [-0.2, 0) is 6.42 Å². The molecule has 96 valence electrons. The molecule has 0 N–H and O–H groups in total. The smallest absolute Gasteiger partial charge is 0.225 e. The molecule has 1 aromatic heterocycles. The lowest BCUT2D eigenvalue weighted by Crippen LogP contribution is -2.11. The van der Waals surface area contributed by atoms with Gasteiger partial charge < -0.3 is 0 Å². The van der Waals surface area contributed by atoms with Crippen molar-refractivity contribution < 1.29 is 0 Å². The highest BCUT2D eigenvalue weighted by molar-refractivity contribution is 6.30. The van der Waals surface area contributed by atoms with Gasteiger partial charge in [-0.2, -0.15) is 0 Å².